The van der Waals surface area contributed by atoms with Crippen molar-refractivity contribution in [2.45, 2.75) is 25.5 Å². The molecule has 1 fully saturated rings. The van der Waals surface area contributed by atoms with E-state index in [0.717, 1.165) is 39.0 Å². The Bertz CT molecular complexity index is 550. The molecule has 0 radical (unpaired) electrons. The van der Waals surface area contributed by atoms with Crippen molar-refractivity contribution in [1.29, 1.82) is 0 Å². The van der Waals surface area contributed by atoms with Crippen LogP contribution in [0.3, 0.4) is 0 Å². The Labute approximate surface area is 124 Å². The molecule has 0 atom stereocenters. The molecule has 3 rings (SSSR count). The van der Waals surface area contributed by atoms with Gasteiger partial charge in [0.2, 0.25) is 0 Å². The lowest BCUT2D eigenvalue weighted by atomic mass is 10.1. The van der Waals surface area contributed by atoms with Crippen LogP contribution in [-0.4, -0.2) is 40.4 Å². The molecule has 112 valence electrons. The molecule has 0 bridgehead atoms. The Morgan fingerprint density at radius 2 is 2.05 bits per heavy atom. The zero-order chi connectivity index (χ0) is 14.5. The number of benzene rings is 1. The highest BCUT2D eigenvalue weighted by Gasteiger charge is 2.20. The van der Waals surface area contributed by atoms with Gasteiger partial charge in [-0.25, -0.2) is 4.39 Å². The van der Waals surface area contributed by atoms with E-state index in [0.29, 0.717) is 5.75 Å². The lowest BCUT2D eigenvalue weighted by Crippen LogP contribution is -2.39. The van der Waals surface area contributed by atoms with Crippen LogP contribution >= 0.6 is 0 Å². The molecule has 5 heteroatoms. The standard InChI is InChI=1S/C16H20FN3O/c17-14-3-1-4-16(13-14)21-15-5-9-19(10-6-15)11-12-20-8-2-7-18-20/h1-4,7-8,13,15H,5-6,9-12H2. The summed E-state index contributed by atoms with van der Waals surface area (Å²) in [5, 5.41) is 4.21. The minimum absolute atomic E-state index is 0.188. The summed E-state index contributed by atoms with van der Waals surface area (Å²) in [5.41, 5.74) is 0. The second kappa shape index (κ2) is 6.72. The van der Waals surface area contributed by atoms with E-state index in [9.17, 15) is 4.39 Å². The maximum absolute atomic E-state index is 13.1. The van der Waals surface area contributed by atoms with Crippen molar-refractivity contribution >= 4 is 0 Å². The first-order valence-corrected chi connectivity index (χ1v) is 7.41. The molecule has 1 aromatic heterocycles. The van der Waals surface area contributed by atoms with Crippen LogP contribution < -0.4 is 4.74 Å². The van der Waals surface area contributed by atoms with E-state index < -0.39 is 0 Å². The summed E-state index contributed by atoms with van der Waals surface area (Å²) in [6.45, 7) is 3.96. The predicted octanol–water partition coefficient (Wildman–Crippen LogP) is 2.57. The van der Waals surface area contributed by atoms with Crippen LogP contribution in [0.1, 0.15) is 12.8 Å². The Kier molecular flexibility index (Phi) is 4.50. The lowest BCUT2D eigenvalue weighted by Gasteiger charge is -2.32. The molecule has 1 saturated heterocycles. The van der Waals surface area contributed by atoms with Gasteiger partial charge < -0.3 is 9.64 Å². The van der Waals surface area contributed by atoms with Crippen LogP contribution in [0.2, 0.25) is 0 Å². The molecule has 1 aliphatic heterocycles. The van der Waals surface area contributed by atoms with Gasteiger partial charge in [-0.05, 0) is 31.0 Å². The van der Waals surface area contributed by atoms with Crippen LogP contribution in [0, 0.1) is 5.82 Å². The molecule has 2 heterocycles. The van der Waals surface area contributed by atoms with Crippen LogP contribution in [0.25, 0.3) is 0 Å². The molecule has 21 heavy (non-hydrogen) atoms. The number of aromatic nitrogens is 2. The molecule has 0 aliphatic carbocycles. The summed E-state index contributed by atoms with van der Waals surface area (Å²) in [7, 11) is 0. The Morgan fingerprint density at radius 3 is 2.76 bits per heavy atom. The highest BCUT2D eigenvalue weighted by Crippen LogP contribution is 2.19. The van der Waals surface area contributed by atoms with E-state index in [-0.39, 0.29) is 11.9 Å². The lowest BCUT2D eigenvalue weighted by molar-refractivity contribution is 0.0977. The molecule has 1 aliphatic rings. The van der Waals surface area contributed by atoms with Crippen molar-refractivity contribution in [3.63, 3.8) is 0 Å². The van der Waals surface area contributed by atoms with Gasteiger partial charge in [-0.1, -0.05) is 6.07 Å². The molecule has 0 amide bonds. The smallest absolute Gasteiger partial charge is 0.126 e. The van der Waals surface area contributed by atoms with Crippen LogP contribution in [0.5, 0.6) is 5.75 Å². The van der Waals surface area contributed by atoms with Gasteiger partial charge in [0.25, 0.3) is 0 Å². The molecule has 0 N–H and O–H groups in total. The summed E-state index contributed by atoms with van der Waals surface area (Å²) in [6, 6.07) is 8.32. The van der Waals surface area contributed by atoms with Gasteiger partial charge in [0.05, 0.1) is 6.54 Å². The van der Waals surface area contributed by atoms with Gasteiger partial charge >= 0.3 is 0 Å². The SMILES string of the molecule is Fc1cccc(OC2CCN(CCn3cccn3)CC2)c1. The fourth-order valence-corrected chi connectivity index (χ4v) is 2.66. The minimum Gasteiger partial charge on any atom is -0.490 e. The highest BCUT2D eigenvalue weighted by atomic mass is 19.1. The normalized spacial score (nSPS) is 17.0. The van der Waals surface area contributed by atoms with Gasteiger partial charge in [-0.3, -0.25) is 4.68 Å². The maximum atomic E-state index is 13.1. The minimum atomic E-state index is -0.246. The maximum Gasteiger partial charge on any atom is 0.126 e. The average molecular weight is 289 g/mol. The van der Waals surface area contributed by atoms with Gasteiger partial charge in [-0.2, -0.15) is 5.10 Å². The van der Waals surface area contributed by atoms with Crippen LogP contribution in [0.15, 0.2) is 42.7 Å². The van der Waals surface area contributed by atoms with Crippen molar-refractivity contribution in [1.82, 2.24) is 14.7 Å². The molecule has 4 nitrogen and oxygen atoms in total. The molecular weight excluding hydrogens is 269 g/mol. The zero-order valence-electron chi connectivity index (χ0n) is 12.0. The number of ether oxygens (including phenoxy) is 1. The molecule has 0 unspecified atom stereocenters. The van der Waals surface area contributed by atoms with Gasteiger partial charge in [0.1, 0.15) is 17.7 Å². The Hall–Kier alpha value is -1.88. The first kappa shape index (κ1) is 14.1. The van der Waals surface area contributed by atoms with Crippen molar-refractivity contribution in [3.8, 4) is 5.75 Å². The fraction of sp³-hybridized carbons (Fsp3) is 0.438. The van der Waals surface area contributed by atoms with Crippen LogP contribution in [0.4, 0.5) is 4.39 Å². The number of halogens is 1. The van der Waals surface area contributed by atoms with E-state index in [2.05, 4.69) is 10.00 Å². The number of hydrogen-bond acceptors (Lipinski definition) is 3. The number of piperidine rings is 1. The van der Waals surface area contributed by atoms with E-state index in [1.54, 1.807) is 12.3 Å². The topological polar surface area (TPSA) is 30.3 Å². The van der Waals surface area contributed by atoms with E-state index in [4.69, 9.17) is 4.74 Å². The van der Waals surface area contributed by atoms with Gasteiger partial charge in [0, 0.05) is 38.1 Å². The summed E-state index contributed by atoms with van der Waals surface area (Å²) < 4.78 is 20.9. The van der Waals surface area contributed by atoms with Gasteiger partial charge in [-0.15, -0.1) is 0 Å². The van der Waals surface area contributed by atoms with E-state index >= 15 is 0 Å². The number of nitrogens with zero attached hydrogens (tertiary/aromatic N) is 3. The molecule has 1 aromatic carbocycles. The van der Waals surface area contributed by atoms with Crippen molar-refractivity contribution in [2.24, 2.45) is 0 Å². The van der Waals surface area contributed by atoms with E-state index in [1.807, 2.05) is 23.0 Å². The number of rotatable bonds is 5. The second-order valence-electron chi connectivity index (χ2n) is 5.39. The third-order valence-corrected chi connectivity index (χ3v) is 3.84. The number of hydrogen-bond donors (Lipinski definition) is 0. The van der Waals surface area contributed by atoms with E-state index in [1.165, 1.54) is 12.1 Å². The first-order valence-electron chi connectivity index (χ1n) is 7.41. The average Bonchev–Trinajstić information content (AvgIpc) is 3.00. The molecule has 0 spiro atoms. The monoisotopic (exact) mass is 289 g/mol. The Morgan fingerprint density at radius 1 is 1.19 bits per heavy atom. The predicted molar refractivity (Wildman–Crippen MR) is 78.7 cm³/mol. The van der Waals surface area contributed by atoms with Gasteiger partial charge in [0.15, 0.2) is 0 Å². The Balaban J connectivity index is 1.42. The first-order chi connectivity index (χ1) is 10.3. The van der Waals surface area contributed by atoms with Crippen molar-refractivity contribution < 1.29 is 9.13 Å². The second-order valence-corrected chi connectivity index (χ2v) is 5.39. The largest absolute Gasteiger partial charge is 0.490 e. The zero-order valence-corrected chi connectivity index (χ0v) is 12.0. The third-order valence-electron chi connectivity index (χ3n) is 3.84. The summed E-state index contributed by atoms with van der Waals surface area (Å²) in [6.07, 6.45) is 5.94. The molecular formula is C16H20FN3O. The summed E-state index contributed by atoms with van der Waals surface area (Å²) in [5.74, 6) is 0.383. The van der Waals surface area contributed by atoms with Crippen LogP contribution in [-0.2, 0) is 6.54 Å². The molecule has 2 aromatic rings. The summed E-state index contributed by atoms with van der Waals surface area (Å²) in [4.78, 5) is 2.42. The van der Waals surface area contributed by atoms with Crippen molar-refractivity contribution in [2.75, 3.05) is 19.6 Å². The molecule has 0 saturated carbocycles. The highest BCUT2D eigenvalue weighted by molar-refractivity contribution is 5.22. The summed E-state index contributed by atoms with van der Waals surface area (Å²) >= 11 is 0. The van der Waals surface area contributed by atoms with Crippen molar-refractivity contribution in [3.05, 3.63) is 48.5 Å². The fourth-order valence-electron chi connectivity index (χ4n) is 2.66. The quantitative estimate of drug-likeness (QED) is 0.847. The number of likely N-dealkylation sites (tertiary alicyclic amines) is 1. The third kappa shape index (κ3) is 4.04.